The number of nitrogens with one attached hydrogen (secondary N) is 1. The number of alkyl halides is 1. The van der Waals surface area contributed by atoms with Crippen LogP contribution in [-0.2, 0) is 11.2 Å². The molecule has 1 amide bonds. The standard InChI is InChI=1S/C28H29F2N3O3/c1-19(33-27(34)28(2,3)36-26-12-9-23(30)18-32-26)25(22-6-4-5-21(15-22)17-31)16-20-7-10-24(11-8-20)35-14-13-29/h4-12,15,18-19,25H,13-14,16H2,1-3H3,(H,33,34)/t19-,25+/m0/s1. The van der Waals surface area contributed by atoms with E-state index in [1.165, 1.54) is 12.1 Å². The van der Waals surface area contributed by atoms with E-state index in [1.807, 2.05) is 37.3 Å². The van der Waals surface area contributed by atoms with Gasteiger partial charge in [0, 0.05) is 18.0 Å². The number of pyridine rings is 1. The second-order valence-corrected chi connectivity index (χ2v) is 8.92. The predicted molar refractivity (Wildman–Crippen MR) is 132 cm³/mol. The third-order valence-electron chi connectivity index (χ3n) is 5.74. The molecular formula is C28H29F2N3O3. The molecule has 2 atom stereocenters. The Balaban J connectivity index is 1.79. The quantitative estimate of drug-likeness (QED) is 0.400. The van der Waals surface area contributed by atoms with Gasteiger partial charge in [-0.2, -0.15) is 5.26 Å². The molecule has 0 bridgehead atoms. The molecule has 1 heterocycles. The fraction of sp³-hybridized carbons (Fsp3) is 0.321. The van der Waals surface area contributed by atoms with E-state index in [0.717, 1.165) is 17.3 Å². The highest BCUT2D eigenvalue weighted by atomic mass is 19.1. The highest BCUT2D eigenvalue weighted by molar-refractivity contribution is 5.85. The van der Waals surface area contributed by atoms with Gasteiger partial charge in [-0.1, -0.05) is 24.3 Å². The van der Waals surface area contributed by atoms with Crippen LogP contribution in [0.25, 0.3) is 0 Å². The van der Waals surface area contributed by atoms with E-state index in [9.17, 15) is 18.8 Å². The number of carbonyl (C=O) groups excluding carboxylic acids is 1. The minimum Gasteiger partial charge on any atom is -0.491 e. The van der Waals surface area contributed by atoms with E-state index >= 15 is 0 Å². The van der Waals surface area contributed by atoms with Gasteiger partial charge in [0.2, 0.25) is 5.88 Å². The normalized spacial score (nSPS) is 12.8. The van der Waals surface area contributed by atoms with Gasteiger partial charge in [0.15, 0.2) is 5.60 Å². The number of nitriles is 1. The van der Waals surface area contributed by atoms with Crippen molar-refractivity contribution in [3.05, 3.63) is 89.4 Å². The summed E-state index contributed by atoms with van der Waals surface area (Å²) in [6, 6.07) is 19.1. The molecule has 0 saturated heterocycles. The summed E-state index contributed by atoms with van der Waals surface area (Å²) in [6.45, 7) is 4.56. The average Bonchev–Trinajstić information content (AvgIpc) is 2.87. The van der Waals surface area contributed by atoms with E-state index in [4.69, 9.17) is 9.47 Å². The van der Waals surface area contributed by atoms with E-state index in [2.05, 4.69) is 16.4 Å². The van der Waals surface area contributed by atoms with Gasteiger partial charge in [-0.15, -0.1) is 0 Å². The molecule has 0 aliphatic rings. The number of halogens is 2. The molecule has 0 aliphatic carbocycles. The first-order valence-corrected chi connectivity index (χ1v) is 11.6. The first-order chi connectivity index (χ1) is 17.2. The van der Waals surface area contributed by atoms with Gasteiger partial charge >= 0.3 is 0 Å². The Hall–Kier alpha value is -3.99. The highest BCUT2D eigenvalue weighted by Crippen LogP contribution is 2.27. The zero-order valence-electron chi connectivity index (χ0n) is 20.5. The van der Waals surface area contributed by atoms with E-state index in [0.29, 0.717) is 17.7 Å². The van der Waals surface area contributed by atoms with Crippen molar-refractivity contribution in [2.24, 2.45) is 0 Å². The number of aromatic nitrogens is 1. The molecule has 2 aromatic carbocycles. The Bertz CT molecular complexity index is 1190. The monoisotopic (exact) mass is 493 g/mol. The molecule has 188 valence electrons. The number of amides is 1. The first-order valence-electron chi connectivity index (χ1n) is 11.6. The maximum Gasteiger partial charge on any atom is 0.263 e. The largest absolute Gasteiger partial charge is 0.491 e. The fourth-order valence-electron chi connectivity index (χ4n) is 3.77. The minimum absolute atomic E-state index is 0.00269. The molecule has 8 heteroatoms. The lowest BCUT2D eigenvalue weighted by atomic mass is 9.85. The van der Waals surface area contributed by atoms with E-state index in [1.54, 1.807) is 32.0 Å². The summed E-state index contributed by atoms with van der Waals surface area (Å²) < 4.78 is 36.6. The molecule has 1 N–H and O–H groups in total. The van der Waals surface area contributed by atoms with Gasteiger partial charge in [0.05, 0.1) is 17.8 Å². The maximum atomic E-state index is 13.2. The molecule has 0 fully saturated rings. The molecule has 0 saturated carbocycles. The number of hydrogen-bond acceptors (Lipinski definition) is 5. The number of benzene rings is 2. The zero-order valence-corrected chi connectivity index (χ0v) is 20.5. The molecule has 3 aromatic rings. The summed E-state index contributed by atoms with van der Waals surface area (Å²) in [5, 5.41) is 12.4. The van der Waals surface area contributed by atoms with Crippen LogP contribution in [0.5, 0.6) is 11.6 Å². The average molecular weight is 494 g/mol. The lowest BCUT2D eigenvalue weighted by molar-refractivity contribution is -0.135. The van der Waals surface area contributed by atoms with Crippen molar-refractivity contribution >= 4 is 5.91 Å². The fourth-order valence-corrected chi connectivity index (χ4v) is 3.77. The number of carbonyl (C=O) groups is 1. The highest BCUT2D eigenvalue weighted by Gasteiger charge is 2.33. The molecule has 1 aromatic heterocycles. The van der Waals surface area contributed by atoms with Gasteiger partial charge in [0.1, 0.15) is 24.8 Å². The van der Waals surface area contributed by atoms with Crippen LogP contribution in [0.4, 0.5) is 8.78 Å². The molecule has 36 heavy (non-hydrogen) atoms. The summed E-state index contributed by atoms with van der Waals surface area (Å²) >= 11 is 0. The van der Waals surface area contributed by atoms with Crippen LogP contribution >= 0.6 is 0 Å². The van der Waals surface area contributed by atoms with Crippen molar-refractivity contribution < 1.29 is 23.0 Å². The lowest BCUT2D eigenvalue weighted by Crippen LogP contribution is -2.51. The smallest absolute Gasteiger partial charge is 0.263 e. The zero-order chi connectivity index (χ0) is 26.1. The second-order valence-electron chi connectivity index (χ2n) is 8.92. The van der Waals surface area contributed by atoms with Crippen LogP contribution in [0, 0.1) is 17.1 Å². The van der Waals surface area contributed by atoms with Crippen molar-refractivity contribution in [1.82, 2.24) is 10.3 Å². The lowest BCUT2D eigenvalue weighted by Gasteiger charge is -2.30. The number of ether oxygens (including phenoxy) is 2. The molecule has 0 aliphatic heterocycles. The van der Waals surface area contributed by atoms with Crippen molar-refractivity contribution in [2.75, 3.05) is 13.3 Å². The Labute approximate surface area is 209 Å². The Morgan fingerprint density at radius 1 is 1.17 bits per heavy atom. The molecule has 3 rings (SSSR count). The first kappa shape index (κ1) is 26.6. The van der Waals surface area contributed by atoms with Gasteiger partial charge in [-0.25, -0.2) is 13.8 Å². The summed E-state index contributed by atoms with van der Waals surface area (Å²) in [5.74, 6) is -0.313. The summed E-state index contributed by atoms with van der Waals surface area (Å²) in [6.07, 6.45) is 1.60. The Morgan fingerprint density at radius 2 is 1.92 bits per heavy atom. The Kier molecular flexibility index (Phi) is 8.96. The van der Waals surface area contributed by atoms with Crippen LogP contribution in [0.15, 0.2) is 66.9 Å². The summed E-state index contributed by atoms with van der Waals surface area (Å²) in [4.78, 5) is 17.0. The van der Waals surface area contributed by atoms with Crippen LogP contribution < -0.4 is 14.8 Å². The van der Waals surface area contributed by atoms with Gasteiger partial charge in [0.25, 0.3) is 5.91 Å². The Morgan fingerprint density at radius 3 is 2.56 bits per heavy atom. The molecule has 0 unspecified atom stereocenters. The molecule has 0 spiro atoms. The van der Waals surface area contributed by atoms with E-state index in [-0.39, 0.29) is 30.4 Å². The van der Waals surface area contributed by atoms with Crippen LogP contribution in [0.2, 0.25) is 0 Å². The summed E-state index contributed by atoms with van der Waals surface area (Å²) in [5.41, 5.74) is 1.14. The number of hydrogen-bond donors (Lipinski definition) is 1. The topological polar surface area (TPSA) is 84.2 Å². The third kappa shape index (κ3) is 7.25. The van der Waals surface area contributed by atoms with Crippen LogP contribution in [0.3, 0.4) is 0 Å². The SMILES string of the molecule is C[C@H](NC(=O)C(C)(C)Oc1ccc(F)cn1)[C@@H](Cc1ccc(OCCF)cc1)c1cccc(C#N)c1. The van der Waals surface area contributed by atoms with E-state index < -0.39 is 18.1 Å². The van der Waals surface area contributed by atoms with Gasteiger partial charge in [-0.3, -0.25) is 4.79 Å². The van der Waals surface area contributed by atoms with Crippen molar-refractivity contribution in [3.63, 3.8) is 0 Å². The van der Waals surface area contributed by atoms with Crippen LogP contribution in [-0.4, -0.2) is 35.8 Å². The minimum atomic E-state index is -1.27. The third-order valence-corrected chi connectivity index (χ3v) is 5.74. The number of rotatable bonds is 11. The summed E-state index contributed by atoms with van der Waals surface area (Å²) in [7, 11) is 0. The predicted octanol–water partition coefficient (Wildman–Crippen LogP) is 5.13. The number of nitrogens with zero attached hydrogens (tertiary/aromatic N) is 2. The molecule has 0 radical (unpaired) electrons. The van der Waals surface area contributed by atoms with Crippen molar-refractivity contribution in [3.8, 4) is 17.7 Å². The van der Waals surface area contributed by atoms with Gasteiger partial charge < -0.3 is 14.8 Å². The second kappa shape index (κ2) is 12.1. The molecular weight excluding hydrogens is 464 g/mol. The maximum absolute atomic E-state index is 13.2. The van der Waals surface area contributed by atoms with Crippen LogP contribution in [0.1, 0.15) is 43.4 Å². The van der Waals surface area contributed by atoms with Crippen molar-refractivity contribution in [2.45, 2.75) is 44.8 Å². The van der Waals surface area contributed by atoms with Crippen molar-refractivity contribution in [1.29, 1.82) is 5.26 Å². The van der Waals surface area contributed by atoms with Gasteiger partial charge in [-0.05, 0) is 68.7 Å². The molecule has 6 nitrogen and oxygen atoms in total.